The zero-order valence-corrected chi connectivity index (χ0v) is 17.0. The Morgan fingerprint density at radius 2 is 1.62 bits per heavy atom. The van der Waals surface area contributed by atoms with Crippen LogP contribution >= 0.6 is 0 Å². The number of rotatable bonds is 6. The van der Waals surface area contributed by atoms with Crippen molar-refractivity contribution < 1.29 is 23.1 Å². The van der Waals surface area contributed by atoms with Crippen LogP contribution in [0.15, 0.2) is 53.4 Å². The van der Waals surface area contributed by atoms with Crippen molar-refractivity contribution in [2.24, 2.45) is 0 Å². The number of carboxylic acid groups (broad SMARTS) is 1. The largest absolute Gasteiger partial charge is 0.480 e. The van der Waals surface area contributed by atoms with E-state index >= 15 is 0 Å². The predicted molar refractivity (Wildman–Crippen MR) is 108 cm³/mol. The van der Waals surface area contributed by atoms with Crippen molar-refractivity contribution in [1.82, 2.24) is 9.62 Å². The molecule has 1 heterocycles. The average Bonchev–Trinajstić information content (AvgIpc) is 2.72. The number of nitrogens with zero attached hydrogens (tertiary/aromatic N) is 1. The minimum atomic E-state index is -3.64. The fraction of sp³-hybridized carbons (Fsp3) is 0.333. The van der Waals surface area contributed by atoms with E-state index in [0.29, 0.717) is 19.0 Å². The van der Waals surface area contributed by atoms with Crippen LogP contribution in [-0.2, 0) is 14.8 Å². The van der Waals surface area contributed by atoms with Gasteiger partial charge < -0.3 is 10.4 Å². The van der Waals surface area contributed by atoms with E-state index in [1.807, 2.05) is 6.92 Å². The topological polar surface area (TPSA) is 104 Å². The Kier molecular flexibility index (Phi) is 6.34. The van der Waals surface area contributed by atoms with Gasteiger partial charge in [-0.15, -0.1) is 0 Å². The van der Waals surface area contributed by atoms with E-state index in [-0.39, 0.29) is 10.5 Å². The molecule has 1 aliphatic heterocycles. The molecule has 154 valence electrons. The van der Waals surface area contributed by atoms with Crippen LogP contribution in [0.3, 0.4) is 0 Å². The van der Waals surface area contributed by atoms with Gasteiger partial charge in [0.1, 0.15) is 6.54 Å². The first-order chi connectivity index (χ1) is 13.8. The SMILES string of the molecule is Cc1ccc(C2CCN(S(=O)(=O)c3ccc(C(=O)NCC(=O)O)cc3)CC2)cc1. The lowest BCUT2D eigenvalue weighted by molar-refractivity contribution is -0.135. The van der Waals surface area contributed by atoms with Gasteiger partial charge >= 0.3 is 5.97 Å². The van der Waals surface area contributed by atoms with Gasteiger partial charge in [-0.1, -0.05) is 29.8 Å². The third kappa shape index (κ3) is 5.02. The van der Waals surface area contributed by atoms with Gasteiger partial charge in [0.15, 0.2) is 0 Å². The second-order valence-electron chi connectivity index (χ2n) is 7.19. The van der Waals surface area contributed by atoms with Crippen molar-refractivity contribution >= 4 is 21.9 Å². The zero-order valence-electron chi connectivity index (χ0n) is 16.2. The summed E-state index contributed by atoms with van der Waals surface area (Å²) >= 11 is 0. The Morgan fingerprint density at radius 1 is 1.03 bits per heavy atom. The van der Waals surface area contributed by atoms with E-state index < -0.39 is 28.4 Å². The third-order valence-electron chi connectivity index (χ3n) is 5.16. The Hall–Kier alpha value is -2.71. The number of benzene rings is 2. The number of carbonyl (C=O) groups excluding carboxylic acids is 1. The van der Waals surface area contributed by atoms with E-state index in [0.717, 1.165) is 12.8 Å². The molecular formula is C21H24N2O5S. The Bertz CT molecular complexity index is 977. The van der Waals surface area contributed by atoms with Gasteiger partial charge in [0, 0.05) is 18.7 Å². The summed E-state index contributed by atoms with van der Waals surface area (Å²) in [5, 5.41) is 10.9. The second kappa shape index (κ2) is 8.75. The smallest absolute Gasteiger partial charge is 0.322 e. The van der Waals surface area contributed by atoms with E-state index in [2.05, 4.69) is 29.6 Å². The maximum atomic E-state index is 12.9. The van der Waals surface area contributed by atoms with Crippen molar-refractivity contribution in [2.75, 3.05) is 19.6 Å². The summed E-state index contributed by atoms with van der Waals surface area (Å²) in [7, 11) is -3.64. The minimum Gasteiger partial charge on any atom is -0.480 e. The lowest BCUT2D eigenvalue weighted by Crippen LogP contribution is -2.37. The number of aryl methyl sites for hydroxylation is 1. The summed E-state index contributed by atoms with van der Waals surface area (Å²) in [5.74, 6) is -1.36. The van der Waals surface area contributed by atoms with Crippen LogP contribution in [0.2, 0.25) is 0 Å². The first-order valence-electron chi connectivity index (χ1n) is 9.44. The molecule has 0 aromatic heterocycles. The fourth-order valence-corrected chi connectivity index (χ4v) is 4.92. The molecule has 0 aliphatic carbocycles. The molecule has 1 aliphatic rings. The standard InChI is InChI=1S/C21H24N2O5S/c1-15-2-4-16(5-3-15)17-10-12-23(13-11-17)29(27,28)19-8-6-18(7-9-19)21(26)22-14-20(24)25/h2-9,17H,10-14H2,1H3,(H,22,26)(H,24,25). The van der Waals surface area contributed by atoms with Crippen molar-refractivity contribution in [3.8, 4) is 0 Å². The van der Waals surface area contributed by atoms with Crippen LogP contribution < -0.4 is 5.32 Å². The normalized spacial score (nSPS) is 15.8. The number of amides is 1. The summed E-state index contributed by atoms with van der Waals surface area (Å²) in [5.41, 5.74) is 2.65. The van der Waals surface area contributed by atoms with Crippen LogP contribution in [0.1, 0.15) is 40.2 Å². The number of carboxylic acids is 1. The second-order valence-corrected chi connectivity index (χ2v) is 9.13. The fourth-order valence-electron chi connectivity index (χ4n) is 3.45. The highest BCUT2D eigenvalue weighted by Crippen LogP contribution is 2.30. The molecule has 0 saturated carbocycles. The van der Waals surface area contributed by atoms with Crippen LogP contribution in [0.25, 0.3) is 0 Å². The molecule has 0 radical (unpaired) electrons. The molecule has 1 amide bonds. The van der Waals surface area contributed by atoms with E-state index in [1.165, 1.54) is 39.7 Å². The molecule has 0 bridgehead atoms. The molecule has 1 fully saturated rings. The molecule has 3 rings (SSSR count). The Morgan fingerprint density at radius 3 is 2.17 bits per heavy atom. The quantitative estimate of drug-likeness (QED) is 0.752. The maximum Gasteiger partial charge on any atom is 0.322 e. The number of aliphatic carboxylic acids is 1. The number of sulfonamides is 1. The monoisotopic (exact) mass is 416 g/mol. The number of nitrogens with one attached hydrogen (secondary N) is 1. The number of hydrogen-bond acceptors (Lipinski definition) is 4. The molecular weight excluding hydrogens is 392 g/mol. The summed E-state index contributed by atoms with van der Waals surface area (Å²) in [4.78, 5) is 22.5. The summed E-state index contributed by atoms with van der Waals surface area (Å²) < 4.78 is 27.3. The van der Waals surface area contributed by atoms with Crippen molar-refractivity contribution in [3.05, 3.63) is 65.2 Å². The predicted octanol–water partition coefficient (Wildman–Crippen LogP) is 2.38. The van der Waals surface area contributed by atoms with Crippen LogP contribution in [0.5, 0.6) is 0 Å². The van der Waals surface area contributed by atoms with Crippen molar-refractivity contribution in [3.63, 3.8) is 0 Å². The highest BCUT2D eigenvalue weighted by molar-refractivity contribution is 7.89. The molecule has 0 spiro atoms. The highest BCUT2D eigenvalue weighted by Gasteiger charge is 2.30. The van der Waals surface area contributed by atoms with Gasteiger partial charge in [0.05, 0.1) is 4.90 Å². The van der Waals surface area contributed by atoms with Crippen LogP contribution in [0, 0.1) is 6.92 Å². The molecule has 0 unspecified atom stereocenters. The molecule has 7 nitrogen and oxygen atoms in total. The molecule has 8 heteroatoms. The molecule has 2 aromatic rings. The van der Waals surface area contributed by atoms with Gasteiger partial charge in [0.2, 0.25) is 10.0 Å². The van der Waals surface area contributed by atoms with Gasteiger partial charge in [-0.05, 0) is 55.5 Å². The first-order valence-corrected chi connectivity index (χ1v) is 10.9. The summed E-state index contributed by atoms with van der Waals surface area (Å²) in [6, 6.07) is 13.9. The van der Waals surface area contributed by atoms with E-state index in [9.17, 15) is 18.0 Å². The average molecular weight is 416 g/mol. The highest BCUT2D eigenvalue weighted by atomic mass is 32.2. The Balaban J connectivity index is 1.64. The van der Waals surface area contributed by atoms with Crippen molar-refractivity contribution in [1.29, 1.82) is 0 Å². The maximum absolute atomic E-state index is 12.9. The lowest BCUT2D eigenvalue weighted by Gasteiger charge is -2.31. The number of hydrogen-bond donors (Lipinski definition) is 2. The van der Waals surface area contributed by atoms with Gasteiger partial charge in [-0.25, -0.2) is 8.42 Å². The minimum absolute atomic E-state index is 0.126. The van der Waals surface area contributed by atoms with Gasteiger partial charge in [-0.2, -0.15) is 4.31 Å². The van der Waals surface area contributed by atoms with Crippen molar-refractivity contribution in [2.45, 2.75) is 30.6 Å². The first kappa shape index (κ1) is 21.0. The van der Waals surface area contributed by atoms with E-state index in [4.69, 9.17) is 5.11 Å². The lowest BCUT2D eigenvalue weighted by atomic mass is 9.90. The molecule has 29 heavy (non-hydrogen) atoms. The molecule has 0 atom stereocenters. The number of carbonyl (C=O) groups is 2. The summed E-state index contributed by atoms with van der Waals surface area (Å²) in [6.07, 6.45) is 1.52. The van der Waals surface area contributed by atoms with E-state index in [1.54, 1.807) is 0 Å². The molecule has 2 aromatic carbocycles. The van der Waals surface area contributed by atoms with Crippen LogP contribution in [0.4, 0.5) is 0 Å². The Labute approximate surface area is 170 Å². The van der Waals surface area contributed by atoms with Gasteiger partial charge in [0.25, 0.3) is 5.91 Å². The molecule has 2 N–H and O–H groups in total. The van der Waals surface area contributed by atoms with Crippen LogP contribution in [-0.4, -0.2) is 49.3 Å². The molecule has 1 saturated heterocycles. The number of piperidine rings is 1. The summed E-state index contributed by atoms with van der Waals surface area (Å²) in [6.45, 7) is 2.44. The van der Waals surface area contributed by atoms with Gasteiger partial charge in [-0.3, -0.25) is 9.59 Å². The zero-order chi connectivity index (χ0) is 21.0. The third-order valence-corrected chi connectivity index (χ3v) is 7.07.